The van der Waals surface area contributed by atoms with Gasteiger partial charge in [-0.05, 0) is 18.6 Å². The van der Waals surface area contributed by atoms with Crippen molar-refractivity contribution in [2.24, 2.45) is 10.2 Å². The van der Waals surface area contributed by atoms with Crippen LogP contribution in [0, 0.1) is 5.82 Å². The SMILES string of the molecule is C=NN(N=C)c1cccc(F)c1CC. The molecule has 0 spiro atoms. The molecule has 0 saturated carbocycles. The predicted octanol–water partition coefficient (Wildman–Crippen LogP) is 2.43. The molecule has 14 heavy (non-hydrogen) atoms. The van der Waals surface area contributed by atoms with Gasteiger partial charge >= 0.3 is 0 Å². The molecule has 74 valence electrons. The number of hydrogen-bond acceptors (Lipinski definition) is 3. The molecule has 0 radical (unpaired) electrons. The van der Waals surface area contributed by atoms with E-state index in [1.54, 1.807) is 12.1 Å². The second kappa shape index (κ2) is 4.50. The molecule has 0 bridgehead atoms. The van der Waals surface area contributed by atoms with Crippen molar-refractivity contribution in [3.63, 3.8) is 0 Å². The Morgan fingerprint density at radius 3 is 2.50 bits per heavy atom. The fourth-order valence-electron chi connectivity index (χ4n) is 1.28. The highest BCUT2D eigenvalue weighted by Gasteiger charge is 2.10. The monoisotopic (exact) mass is 193 g/mol. The van der Waals surface area contributed by atoms with Crippen LogP contribution in [0.25, 0.3) is 0 Å². The van der Waals surface area contributed by atoms with E-state index in [2.05, 4.69) is 23.6 Å². The first kappa shape index (κ1) is 10.4. The quantitative estimate of drug-likeness (QED) is 0.533. The van der Waals surface area contributed by atoms with Crippen LogP contribution < -0.4 is 5.12 Å². The lowest BCUT2D eigenvalue weighted by Gasteiger charge is -2.15. The van der Waals surface area contributed by atoms with Gasteiger partial charge in [-0.3, -0.25) is 0 Å². The molecule has 1 aromatic carbocycles. The van der Waals surface area contributed by atoms with Crippen LogP contribution in [0.3, 0.4) is 0 Å². The maximum absolute atomic E-state index is 13.3. The Labute approximate surface area is 82.5 Å². The molecule has 0 N–H and O–H groups in total. The van der Waals surface area contributed by atoms with E-state index in [-0.39, 0.29) is 5.82 Å². The smallest absolute Gasteiger partial charge is 0.128 e. The fourth-order valence-corrected chi connectivity index (χ4v) is 1.28. The molecule has 0 aromatic heterocycles. The highest BCUT2D eigenvalue weighted by molar-refractivity contribution is 5.55. The third-order valence-corrected chi connectivity index (χ3v) is 1.93. The second-order valence-corrected chi connectivity index (χ2v) is 2.66. The first-order chi connectivity index (χ1) is 6.74. The highest BCUT2D eigenvalue weighted by atomic mass is 19.1. The van der Waals surface area contributed by atoms with Gasteiger partial charge in [-0.2, -0.15) is 15.3 Å². The summed E-state index contributed by atoms with van der Waals surface area (Å²) in [5, 5.41) is 8.44. The van der Waals surface area contributed by atoms with E-state index in [4.69, 9.17) is 0 Å². The zero-order valence-electron chi connectivity index (χ0n) is 8.07. The van der Waals surface area contributed by atoms with E-state index < -0.39 is 0 Å². The van der Waals surface area contributed by atoms with Crippen molar-refractivity contribution in [1.29, 1.82) is 0 Å². The molecule has 0 atom stereocenters. The van der Waals surface area contributed by atoms with E-state index in [0.717, 1.165) is 0 Å². The van der Waals surface area contributed by atoms with Gasteiger partial charge in [-0.25, -0.2) is 4.39 Å². The van der Waals surface area contributed by atoms with Gasteiger partial charge < -0.3 is 0 Å². The van der Waals surface area contributed by atoms with Crippen molar-refractivity contribution in [3.8, 4) is 0 Å². The molecule has 0 amide bonds. The standard InChI is InChI=1S/C10H12FN3/c1-4-8-9(11)6-5-7-10(8)14(12-2)13-3/h5-7H,2-4H2,1H3. The van der Waals surface area contributed by atoms with Gasteiger partial charge in [0.1, 0.15) is 5.82 Å². The lowest BCUT2D eigenvalue weighted by atomic mass is 10.1. The van der Waals surface area contributed by atoms with Gasteiger partial charge in [0.2, 0.25) is 0 Å². The Balaban J connectivity index is 3.24. The topological polar surface area (TPSA) is 28.0 Å². The van der Waals surface area contributed by atoms with Gasteiger partial charge in [-0.15, -0.1) is 0 Å². The molecule has 0 saturated heterocycles. The van der Waals surface area contributed by atoms with Gasteiger partial charge in [0.15, 0.2) is 0 Å². The third-order valence-electron chi connectivity index (χ3n) is 1.93. The van der Waals surface area contributed by atoms with E-state index in [1.165, 1.54) is 11.2 Å². The first-order valence-corrected chi connectivity index (χ1v) is 4.25. The van der Waals surface area contributed by atoms with E-state index in [0.29, 0.717) is 17.7 Å². The van der Waals surface area contributed by atoms with E-state index in [1.807, 2.05) is 6.92 Å². The molecule has 0 aliphatic heterocycles. The lowest BCUT2D eigenvalue weighted by Crippen LogP contribution is -2.09. The summed E-state index contributed by atoms with van der Waals surface area (Å²) in [5.74, 6) is -0.262. The third kappa shape index (κ3) is 1.79. The number of anilines is 1. The molecule has 0 heterocycles. The average Bonchev–Trinajstić information content (AvgIpc) is 2.20. The van der Waals surface area contributed by atoms with Crippen LogP contribution in [0.15, 0.2) is 28.4 Å². The van der Waals surface area contributed by atoms with E-state index >= 15 is 0 Å². The van der Waals surface area contributed by atoms with Gasteiger partial charge in [0.05, 0.1) is 5.69 Å². The Hall–Kier alpha value is -1.71. The van der Waals surface area contributed by atoms with Crippen LogP contribution in [0.5, 0.6) is 0 Å². The number of rotatable bonds is 4. The van der Waals surface area contributed by atoms with Crippen LogP contribution in [0.1, 0.15) is 12.5 Å². The van der Waals surface area contributed by atoms with Crippen LogP contribution in [0.4, 0.5) is 10.1 Å². The summed E-state index contributed by atoms with van der Waals surface area (Å²) in [4.78, 5) is 0. The number of nitrogens with zero attached hydrogens (tertiary/aromatic N) is 3. The van der Waals surface area contributed by atoms with Gasteiger partial charge in [-0.1, -0.05) is 13.0 Å². The minimum atomic E-state index is -0.262. The summed E-state index contributed by atoms with van der Waals surface area (Å²) in [6.07, 6.45) is 0.573. The zero-order chi connectivity index (χ0) is 10.6. The maximum atomic E-state index is 13.3. The normalized spacial score (nSPS) is 9.57. The average molecular weight is 193 g/mol. The maximum Gasteiger partial charge on any atom is 0.128 e. The minimum absolute atomic E-state index is 0.262. The molecule has 0 aliphatic rings. The predicted molar refractivity (Wildman–Crippen MR) is 57.4 cm³/mol. The largest absolute Gasteiger partial charge is 0.207 e. The molecule has 0 fully saturated rings. The summed E-state index contributed by atoms with van der Waals surface area (Å²) in [6, 6.07) is 4.74. The van der Waals surface area contributed by atoms with Crippen LogP contribution in [-0.2, 0) is 6.42 Å². The summed E-state index contributed by atoms with van der Waals surface area (Å²) in [5.41, 5.74) is 1.14. The fraction of sp³-hybridized carbons (Fsp3) is 0.200. The zero-order valence-corrected chi connectivity index (χ0v) is 8.07. The summed E-state index contributed by atoms with van der Waals surface area (Å²) < 4.78 is 13.3. The molecular weight excluding hydrogens is 181 g/mol. The van der Waals surface area contributed by atoms with Crippen molar-refractivity contribution in [2.75, 3.05) is 5.12 Å². The summed E-state index contributed by atoms with van der Waals surface area (Å²) >= 11 is 0. The first-order valence-electron chi connectivity index (χ1n) is 4.25. The Morgan fingerprint density at radius 2 is 2.00 bits per heavy atom. The van der Waals surface area contributed by atoms with Crippen LogP contribution in [-0.4, -0.2) is 13.4 Å². The Bertz CT molecular complexity index is 341. The number of hydrazone groups is 2. The summed E-state index contributed by atoms with van der Waals surface area (Å²) in [6.45, 7) is 8.53. The molecule has 1 rings (SSSR count). The number of benzene rings is 1. The number of halogens is 1. The Kier molecular flexibility index (Phi) is 3.34. The summed E-state index contributed by atoms with van der Waals surface area (Å²) in [7, 11) is 0. The molecule has 0 aliphatic carbocycles. The van der Waals surface area contributed by atoms with Crippen molar-refractivity contribution in [2.45, 2.75) is 13.3 Å². The lowest BCUT2D eigenvalue weighted by molar-refractivity contribution is 0.611. The molecular formula is C10H12FN3. The Morgan fingerprint density at radius 1 is 1.36 bits per heavy atom. The molecule has 0 unspecified atom stereocenters. The van der Waals surface area contributed by atoms with Crippen LogP contribution in [0.2, 0.25) is 0 Å². The molecule has 1 aromatic rings. The van der Waals surface area contributed by atoms with Crippen molar-refractivity contribution < 1.29 is 4.39 Å². The number of hydrogen-bond donors (Lipinski definition) is 0. The molecule has 4 heteroatoms. The van der Waals surface area contributed by atoms with Crippen molar-refractivity contribution in [3.05, 3.63) is 29.6 Å². The highest BCUT2D eigenvalue weighted by Crippen LogP contribution is 2.23. The molecule has 3 nitrogen and oxygen atoms in total. The van der Waals surface area contributed by atoms with Crippen LogP contribution >= 0.6 is 0 Å². The minimum Gasteiger partial charge on any atom is -0.207 e. The van der Waals surface area contributed by atoms with E-state index in [9.17, 15) is 4.39 Å². The van der Waals surface area contributed by atoms with Crippen molar-refractivity contribution >= 4 is 19.1 Å². The van der Waals surface area contributed by atoms with Gasteiger partial charge in [0, 0.05) is 19.0 Å². The van der Waals surface area contributed by atoms with Gasteiger partial charge in [0.25, 0.3) is 0 Å². The second-order valence-electron chi connectivity index (χ2n) is 2.66. The van der Waals surface area contributed by atoms with Crippen molar-refractivity contribution in [1.82, 2.24) is 0 Å².